The number of ketones is 3. The highest BCUT2D eigenvalue weighted by molar-refractivity contribution is 6.07. The van der Waals surface area contributed by atoms with Gasteiger partial charge in [-0.3, -0.25) is 49.8 Å². The van der Waals surface area contributed by atoms with E-state index in [0.717, 1.165) is 31.9 Å². The van der Waals surface area contributed by atoms with Gasteiger partial charge in [0.05, 0.1) is 71.8 Å². The second kappa shape index (κ2) is 29.1. The van der Waals surface area contributed by atoms with Gasteiger partial charge in [0.2, 0.25) is 0 Å². The molecule has 12 heterocycles. The molecule has 6 aromatic heterocycles. The Labute approximate surface area is 553 Å². The standard InChI is InChI=1S/C24H28F3N5O4.C20H21F3N6O2.C20H20F3N5O3/c1-14(24(25,26)27)10-20(35)18-4-5-19-22(29-18)32(16-7-9-31(19)12-16)23(36)30-21-11-15(6-8-28-21)2-3-17(34)13-33;1-11-7-17(27-24-9-11)26-19(31)29-13-5-6-28(10-13)15-4-3-14(25-18(15)29)16(30)8-12(2)20(21,22)23;1-11(20(21,22)23)8-16(30)14-2-3-15-18(25-14)28(12-5-7-27(15)10-12)19(31)26-17-9-13(29)4-6-24-17/h4-6,8,11,14,16-17,33-34H,2-3,7,9-10,12-13H2,1H3,(H,28,30,36);3-4,7,9,12-13H,5-6,8,10H2,1-2H3,(H,26,27,31);2-4,6,9,11-12H,5,7-8,10H2,1H3,(H2,24,26,29,31)/t14-,16-,17?;12-,13-;11-,12-/m000/s1. The Morgan fingerprint density at radius 1 is 0.582 bits per heavy atom. The molecule has 1 unspecified atom stereocenters. The molecule has 0 radical (unpaired) electrons. The molecule has 0 saturated carbocycles. The molecule has 0 aliphatic carbocycles. The van der Waals surface area contributed by atoms with E-state index >= 15 is 0 Å². The summed E-state index contributed by atoms with van der Waals surface area (Å²) in [5.41, 5.74) is 2.95. The molecule has 98 heavy (non-hydrogen) atoms. The van der Waals surface area contributed by atoms with E-state index in [4.69, 9.17) is 5.11 Å². The Balaban J connectivity index is 0.000000160. The van der Waals surface area contributed by atoms with Crippen LogP contribution in [0.3, 0.4) is 0 Å². The molecule has 7 atom stereocenters. The van der Waals surface area contributed by atoms with Gasteiger partial charge in [-0.1, -0.05) is 20.8 Å². The highest BCUT2D eigenvalue weighted by Crippen LogP contribution is 2.43. The van der Waals surface area contributed by atoms with Crippen molar-refractivity contribution >= 4 is 87.4 Å². The van der Waals surface area contributed by atoms with Gasteiger partial charge in [-0.25, -0.2) is 34.3 Å². The summed E-state index contributed by atoms with van der Waals surface area (Å²) in [5.74, 6) is -6.12. The summed E-state index contributed by atoms with van der Waals surface area (Å²) in [6.07, 6.45) is -9.07. The van der Waals surface area contributed by atoms with Crippen molar-refractivity contribution < 1.29 is 78.5 Å². The van der Waals surface area contributed by atoms with Crippen molar-refractivity contribution in [3.63, 3.8) is 0 Å². The minimum Gasteiger partial charge on any atom is -0.394 e. The van der Waals surface area contributed by atoms with E-state index in [1.807, 2.05) is 16.7 Å². The van der Waals surface area contributed by atoms with Gasteiger partial charge < -0.3 is 29.9 Å². The molecule has 12 rings (SSSR count). The summed E-state index contributed by atoms with van der Waals surface area (Å²) in [7, 11) is 0. The average molecular weight is 1380 g/mol. The summed E-state index contributed by atoms with van der Waals surface area (Å²) >= 11 is 0. The van der Waals surface area contributed by atoms with E-state index in [0.29, 0.717) is 88.4 Å². The zero-order valence-electron chi connectivity index (χ0n) is 53.3. The van der Waals surface area contributed by atoms with Crippen LogP contribution < -0.4 is 50.8 Å². The van der Waals surface area contributed by atoms with E-state index in [9.17, 15) is 78.2 Å². The Kier molecular flexibility index (Phi) is 21.0. The molecular weight excluding hydrogens is 1310 g/mol. The fraction of sp³-hybridized carbons (Fsp3) is 0.453. The number of anilines is 9. The Morgan fingerprint density at radius 3 is 1.40 bits per heavy atom. The summed E-state index contributed by atoms with van der Waals surface area (Å²) in [6, 6.07) is 14.6. The lowest BCUT2D eigenvalue weighted by atomic mass is 10.0. The van der Waals surface area contributed by atoms with Crippen molar-refractivity contribution in [2.75, 3.05) is 91.2 Å². The maximum Gasteiger partial charge on any atom is 0.391 e. The molecule has 6 amide bonds. The minimum atomic E-state index is -4.49. The number of aryl methyl sites for hydroxylation is 2. The predicted molar refractivity (Wildman–Crippen MR) is 341 cm³/mol. The first-order chi connectivity index (χ1) is 46.3. The highest BCUT2D eigenvalue weighted by atomic mass is 19.4. The van der Waals surface area contributed by atoms with Gasteiger partial charge in [-0.2, -0.15) is 44.6 Å². The van der Waals surface area contributed by atoms with Crippen molar-refractivity contribution in [1.29, 1.82) is 0 Å². The van der Waals surface area contributed by atoms with Gasteiger partial charge in [0, 0.05) is 83.1 Å². The van der Waals surface area contributed by atoms with Crippen molar-refractivity contribution in [1.82, 2.24) is 35.1 Å². The van der Waals surface area contributed by atoms with Crippen molar-refractivity contribution in [2.45, 2.75) is 122 Å². The molecule has 6 aliphatic heterocycles. The van der Waals surface area contributed by atoms with Gasteiger partial charge in [0.1, 0.15) is 28.7 Å². The molecule has 0 aromatic carbocycles. The van der Waals surface area contributed by atoms with Crippen molar-refractivity contribution in [2.24, 2.45) is 17.8 Å². The van der Waals surface area contributed by atoms with Crippen LogP contribution in [0.5, 0.6) is 0 Å². The number of alkyl halides is 9. The normalized spacial score (nSPS) is 18.5. The van der Waals surface area contributed by atoms with E-state index < -0.39 is 97.1 Å². The van der Waals surface area contributed by atoms with Crippen LogP contribution in [0, 0.1) is 24.7 Å². The van der Waals surface area contributed by atoms with Gasteiger partial charge in [0.15, 0.2) is 46.0 Å². The lowest BCUT2D eigenvalue weighted by Crippen LogP contribution is -2.48. The molecule has 6 N–H and O–H groups in total. The van der Waals surface area contributed by atoms with Crippen LogP contribution in [0.2, 0.25) is 0 Å². The molecule has 522 valence electrons. The second-order valence-electron chi connectivity index (χ2n) is 24.9. The smallest absolute Gasteiger partial charge is 0.391 e. The zero-order chi connectivity index (χ0) is 70.7. The number of amides is 6. The number of H-pyrrole nitrogens is 1. The monoisotopic (exact) mass is 1380 g/mol. The molecule has 25 nitrogen and oxygen atoms in total. The summed E-state index contributed by atoms with van der Waals surface area (Å²) in [4.78, 5) is 119. The van der Waals surface area contributed by atoms with Gasteiger partial charge in [-0.15, -0.1) is 5.10 Å². The fourth-order valence-electron chi connectivity index (χ4n) is 12.1. The third-order valence-electron chi connectivity index (χ3n) is 17.6. The summed E-state index contributed by atoms with van der Waals surface area (Å²) in [6.45, 7) is 8.18. The van der Waals surface area contributed by atoms with Gasteiger partial charge >= 0.3 is 36.6 Å². The number of aromatic nitrogens is 7. The van der Waals surface area contributed by atoms with Crippen LogP contribution in [0.15, 0.2) is 90.1 Å². The number of urea groups is 3. The number of hydrogen-bond acceptors (Lipinski definition) is 18. The van der Waals surface area contributed by atoms with E-state index in [-0.39, 0.29) is 82.2 Å². The summed E-state index contributed by atoms with van der Waals surface area (Å²) < 4.78 is 116. The van der Waals surface area contributed by atoms with Crippen LogP contribution in [-0.4, -0.2) is 169 Å². The van der Waals surface area contributed by atoms with E-state index in [1.165, 1.54) is 57.4 Å². The van der Waals surface area contributed by atoms with Gasteiger partial charge in [0.25, 0.3) is 0 Å². The van der Waals surface area contributed by atoms with Crippen LogP contribution in [0.4, 0.5) is 106 Å². The SMILES string of the molecule is C[C@@H](CC(=O)c1ccc2c(n1)N(C(=O)Nc1cc(=O)cc[nH]1)[C@H]1CCN2C1)C(F)(F)F.C[C@@H](CC(=O)c1ccc2c(n1)N(C(=O)Nc1cc(CCC(O)CO)ccn1)[C@H]1CCN2C1)C(F)(F)F.Cc1cnnc(NC(=O)N2c3nc(C(=O)C[C@H](C)C(F)(F)F)ccc3N3CC[C@H]2C3)c1. The number of halogens is 9. The number of fused-ring (bicyclic) bond motifs is 12. The zero-order valence-corrected chi connectivity index (χ0v) is 53.3. The highest BCUT2D eigenvalue weighted by Gasteiger charge is 2.46. The molecule has 3 fully saturated rings. The number of carbonyl (C=O) groups excluding carboxylic acids is 6. The number of nitrogens with zero attached hydrogens (tertiary/aromatic N) is 12. The molecule has 0 spiro atoms. The van der Waals surface area contributed by atoms with Crippen LogP contribution in [0.1, 0.15) is 108 Å². The van der Waals surface area contributed by atoms with E-state index in [1.54, 1.807) is 42.6 Å². The Bertz CT molecular complexity index is 4050. The number of pyridine rings is 5. The number of Topliss-reactive ketones (excluding diaryl/α,β-unsaturated/α-hetero) is 3. The first-order valence-corrected chi connectivity index (χ1v) is 31.4. The largest absolute Gasteiger partial charge is 0.394 e. The third-order valence-corrected chi connectivity index (χ3v) is 17.6. The lowest BCUT2D eigenvalue weighted by molar-refractivity contribution is -0.169. The topological polar surface area (TPSA) is 309 Å². The predicted octanol–water partition coefficient (Wildman–Crippen LogP) is 9.92. The molecular formula is C64H69F9N16O9. The first-order valence-electron chi connectivity index (χ1n) is 31.4. The number of aromatic amines is 1. The minimum absolute atomic E-state index is 0.0921. The van der Waals surface area contributed by atoms with Crippen molar-refractivity contribution in [3.8, 4) is 0 Å². The maximum atomic E-state index is 13.3. The van der Waals surface area contributed by atoms with E-state index in [2.05, 4.69) is 56.0 Å². The Hall–Kier alpha value is -9.86. The fourth-order valence-corrected chi connectivity index (χ4v) is 12.1. The number of hydrogen-bond donors (Lipinski definition) is 6. The number of nitrogens with one attached hydrogen (secondary N) is 4. The lowest BCUT2D eigenvalue weighted by Gasteiger charge is -2.35. The molecule has 6 aliphatic rings. The number of aliphatic hydroxyl groups excluding tert-OH is 2. The molecule has 34 heteroatoms. The van der Waals surface area contributed by atoms with Crippen LogP contribution in [-0.2, 0) is 6.42 Å². The van der Waals surface area contributed by atoms with Crippen LogP contribution in [0.25, 0.3) is 0 Å². The number of carbonyl (C=O) groups is 6. The third kappa shape index (κ3) is 16.4. The van der Waals surface area contributed by atoms with Crippen LogP contribution >= 0.6 is 0 Å². The molecule has 6 bridgehead atoms. The molecule has 3 saturated heterocycles. The second-order valence-corrected chi connectivity index (χ2v) is 24.9. The first kappa shape index (κ1) is 70.9. The summed E-state index contributed by atoms with van der Waals surface area (Å²) in [5, 5.41) is 34.3. The maximum absolute atomic E-state index is 13.3. The quantitative estimate of drug-likeness (QED) is 0.0388. The molecule has 6 aromatic rings. The van der Waals surface area contributed by atoms with Crippen molar-refractivity contribution in [3.05, 3.63) is 124 Å². The number of rotatable bonds is 16. The Morgan fingerprint density at radius 2 is 1.00 bits per heavy atom. The average Bonchev–Trinajstić information content (AvgIpc) is 1.50. The number of aliphatic hydroxyl groups is 2. The van der Waals surface area contributed by atoms with Gasteiger partial charge in [-0.05, 0) is 105 Å².